The van der Waals surface area contributed by atoms with Crippen LogP contribution in [0.15, 0.2) is 30.3 Å². The van der Waals surface area contributed by atoms with Crippen LogP contribution in [-0.4, -0.2) is 67.3 Å². The van der Waals surface area contributed by atoms with E-state index in [2.05, 4.69) is 31.2 Å². The maximum absolute atomic E-state index is 12.7. The zero-order chi connectivity index (χ0) is 20.9. The van der Waals surface area contributed by atoms with E-state index in [9.17, 15) is 4.79 Å². The fourth-order valence-electron chi connectivity index (χ4n) is 4.06. The summed E-state index contributed by atoms with van der Waals surface area (Å²) in [6.07, 6.45) is 3.74. The van der Waals surface area contributed by atoms with Gasteiger partial charge in [0, 0.05) is 45.3 Å². The molecule has 0 atom stereocenters. The first-order valence-electron chi connectivity index (χ1n) is 10.7. The zero-order valence-electron chi connectivity index (χ0n) is 17.8. The van der Waals surface area contributed by atoms with E-state index in [0.29, 0.717) is 24.5 Å². The monoisotopic (exact) mass is 410 g/mol. The van der Waals surface area contributed by atoms with Crippen LogP contribution in [0.25, 0.3) is 0 Å². The lowest BCUT2D eigenvalue weighted by molar-refractivity contribution is 0.208. The maximum Gasteiger partial charge on any atom is 0.322 e. The molecule has 0 bridgehead atoms. The van der Waals surface area contributed by atoms with Gasteiger partial charge in [0.25, 0.3) is 0 Å². The lowest BCUT2D eigenvalue weighted by Crippen LogP contribution is -2.50. The van der Waals surface area contributed by atoms with E-state index in [1.807, 2.05) is 36.1 Å². The normalized spacial score (nSPS) is 17.1. The van der Waals surface area contributed by atoms with Crippen LogP contribution in [0, 0.1) is 6.92 Å². The quantitative estimate of drug-likeness (QED) is 0.835. The van der Waals surface area contributed by atoms with Crippen molar-refractivity contribution >= 4 is 23.4 Å². The minimum Gasteiger partial charge on any atom is -0.495 e. The first kappa shape index (κ1) is 20.3. The van der Waals surface area contributed by atoms with Crippen LogP contribution in [0.5, 0.6) is 5.75 Å². The standard InChI is InChI=1S/C22H30N6O2/c1-17-23-20(26-10-6-3-7-11-26)16-21(24-17)27-12-14-28(15-13-27)22(29)25-18-8-4-5-9-19(18)30-2/h4-5,8-9,16H,3,6-7,10-15H2,1-2H3,(H,25,29). The second-order valence-electron chi connectivity index (χ2n) is 7.78. The number of carbonyl (C=O) groups excluding carboxylic acids is 1. The zero-order valence-corrected chi connectivity index (χ0v) is 17.8. The minimum atomic E-state index is -0.105. The molecule has 2 aliphatic rings. The number of benzene rings is 1. The number of nitrogens with zero attached hydrogens (tertiary/aromatic N) is 5. The highest BCUT2D eigenvalue weighted by molar-refractivity contribution is 5.91. The largest absolute Gasteiger partial charge is 0.495 e. The number of rotatable bonds is 4. The van der Waals surface area contributed by atoms with E-state index in [1.165, 1.54) is 19.3 Å². The third-order valence-electron chi connectivity index (χ3n) is 5.73. The van der Waals surface area contributed by atoms with Crippen molar-refractivity contribution in [2.24, 2.45) is 0 Å². The van der Waals surface area contributed by atoms with Gasteiger partial charge in [-0.1, -0.05) is 12.1 Å². The molecule has 2 fully saturated rings. The molecule has 1 N–H and O–H groups in total. The molecule has 0 spiro atoms. The number of ether oxygens (including phenoxy) is 1. The van der Waals surface area contributed by atoms with Gasteiger partial charge in [-0.2, -0.15) is 0 Å². The van der Waals surface area contributed by atoms with Crippen molar-refractivity contribution in [1.82, 2.24) is 14.9 Å². The number of amides is 2. The molecule has 2 amide bonds. The highest BCUT2D eigenvalue weighted by atomic mass is 16.5. The van der Waals surface area contributed by atoms with Crippen LogP contribution < -0.4 is 19.9 Å². The van der Waals surface area contributed by atoms with Crippen molar-refractivity contribution in [3.63, 3.8) is 0 Å². The van der Waals surface area contributed by atoms with E-state index in [-0.39, 0.29) is 6.03 Å². The van der Waals surface area contributed by atoms with Crippen LogP contribution in [-0.2, 0) is 0 Å². The number of piperidine rings is 1. The first-order chi connectivity index (χ1) is 14.6. The third kappa shape index (κ3) is 4.58. The molecule has 0 radical (unpaired) electrons. The number of urea groups is 1. The van der Waals surface area contributed by atoms with Gasteiger partial charge in [0.15, 0.2) is 0 Å². The summed E-state index contributed by atoms with van der Waals surface area (Å²) in [7, 11) is 1.60. The molecule has 1 aromatic carbocycles. The van der Waals surface area contributed by atoms with Gasteiger partial charge < -0.3 is 24.8 Å². The van der Waals surface area contributed by atoms with Crippen molar-refractivity contribution < 1.29 is 9.53 Å². The Hall–Kier alpha value is -3.03. The Morgan fingerprint density at radius 1 is 0.933 bits per heavy atom. The van der Waals surface area contributed by atoms with Gasteiger partial charge in [-0.15, -0.1) is 0 Å². The van der Waals surface area contributed by atoms with E-state index >= 15 is 0 Å². The smallest absolute Gasteiger partial charge is 0.322 e. The van der Waals surface area contributed by atoms with Crippen LogP contribution >= 0.6 is 0 Å². The fourth-order valence-corrected chi connectivity index (χ4v) is 4.06. The van der Waals surface area contributed by atoms with Crippen LogP contribution in [0.4, 0.5) is 22.1 Å². The predicted molar refractivity (Wildman–Crippen MR) is 119 cm³/mol. The number of anilines is 3. The summed E-state index contributed by atoms with van der Waals surface area (Å²) in [4.78, 5) is 28.5. The van der Waals surface area contributed by atoms with Gasteiger partial charge in [0.2, 0.25) is 0 Å². The van der Waals surface area contributed by atoms with Gasteiger partial charge >= 0.3 is 6.03 Å². The molecular weight excluding hydrogens is 380 g/mol. The highest BCUT2D eigenvalue weighted by Crippen LogP contribution is 2.25. The van der Waals surface area contributed by atoms with Gasteiger partial charge in [-0.25, -0.2) is 14.8 Å². The van der Waals surface area contributed by atoms with Crippen molar-refractivity contribution in [2.75, 3.05) is 61.5 Å². The van der Waals surface area contributed by atoms with Crippen LogP contribution in [0.3, 0.4) is 0 Å². The Kier molecular flexibility index (Phi) is 6.21. The molecule has 2 aromatic rings. The average molecular weight is 411 g/mol. The van der Waals surface area contributed by atoms with Crippen molar-refractivity contribution in [3.8, 4) is 5.75 Å². The molecule has 0 saturated carbocycles. The number of hydrogen-bond acceptors (Lipinski definition) is 6. The van der Waals surface area contributed by atoms with Crippen LogP contribution in [0.1, 0.15) is 25.1 Å². The summed E-state index contributed by atoms with van der Waals surface area (Å²) < 4.78 is 5.32. The summed E-state index contributed by atoms with van der Waals surface area (Å²) in [5, 5.41) is 2.96. The van der Waals surface area contributed by atoms with Gasteiger partial charge in [0.1, 0.15) is 23.2 Å². The molecule has 0 aliphatic carbocycles. The Morgan fingerprint density at radius 2 is 1.57 bits per heavy atom. The second-order valence-corrected chi connectivity index (χ2v) is 7.78. The number of methoxy groups -OCH3 is 1. The SMILES string of the molecule is COc1ccccc1NC(=O)N1CCN(c2cc(N3CCCCC3)nc(C)n2)CC1. The fraction of sp³-hybridized carbons (Fsp3) is 0.500. The lowest BCUT2D eigenvalue weighted by Gasteiger charge is -2.36. The molecule has 30 heavy (non-hydrogen) atoms. The topological polar surface area (TPSA) is 73.8 Å². The second kappa shape index (κ2) is 9.19. The molecular formula is C22H30N6O2. The lowest BCUT2D eigenvalue weighted by atomic mass is 10.1. The first-order valence-corrected chi connectivity index (χ1v) is 10.7. The summed E-state index contributed by atoms with van der Waals surface area (Å²) in [6.45, 7) is 6.85. The van der Waals surface area contributed by atoms with E-state index < -0.39 is 0 Å². The molecule has 160 valence electrons. The summed E-state index contributed by atoms with van der Waals surface area (Å²) in [5.74, 6) is 3.43. The van der Waals surface area contributed by atoms with Gasteiger partial charge in [-0.05, 0) is 38.3 Å². The van der Waals surface area contributed by atoms with Crippen LogP contribution in [0.2, 0.25) is 0 Å². The van der Waals surface area contributed by atoms with Gasteiger partial charge in [0.05, 0.1) is 12.8 Å². The number of piperazine rings is 1. The molecule has 2 aliphatic heterocycles. The molecule has 8 heteroatoms. The molecule has 2 saturated heterocycles. The van der Waals surface area contributed by atoms with Crippen molar-refractivity contribution in [2.45, 2.75) is 26.2 Å². The summed E-state index contributed by atoms with van der Waals surface area (Å²) >= 11 is 0. The van der Waals surface area contributed by atoms with E-state index in [4.69, 9.17) is 4.74 Å². The Balaban J connectivity index is 1.38. The molecule has 1 aromatic heterocycles. The van der Waals surface area contributed by atoms with E-state index in [0.717, 1.165) is 43.6 Å². The highest BCUT2D eigenvalue weighted by Gasteiger charge is 2.24. The maximum atomic E-state index is 12.7. The Labute approximate surface area is 177 Å². The van der Waals surface area contributed by atoms with Gasteiger partial charge in [-0.3, -0.25) is 0 Å². The molecule has 8 nitrogen and oxygen atoms in total. The average Bonchev–Trinajstić information content (AvgIpc) is 2.79. The third-order valence-corrected chi connectivity index (χ3v) is 5.73. The Morgan fingerprint density at radius 3 is 2.23 bits per heavy atom. The van der Waals surface area contributed by atoms with E-state index in [1.54, 1.807) is 7.11 Å². The number of carbonyl (C=O) groups is 1. The minimum absolute atomic E-state index is 0.105. The molecule has 0 unspecified atom stereocenters. The molecule has 4 rings (SSSR count). The summed E-state index contributed by atoms with van der Waals surface area (Å²) in [6, 6.07) is 9.45. The number of para-hydroxylation sites is 2. The Bertz CT molecular complexity index is 876. The number of nitrogens with one attached hydrogen (secondary N) is 1. The number of hydrogen-bond donors (Lipinski definition) is 1. The predicted octanol–water partition coefficient (Wildman–Crippen LogP) is 3.14. The summed E-state index contributed by atoms with van der Waals surface area (Å²) in [5.41, 5.74) is 0.685. The molecule has 3 heterocycles. The number of aromatic nitrogens is 2. The van der Waals surface area contributed by atoms with Crippen molar-refractivity contribution in [3.05, 3.63) is 36.2 Å². The number of aryl methyl sites for hydroxylation is 1. The van der Waals surface area contributed by atoms with Crippen molar-refractivity contribution in [1.29, 1.82) is 0 Å².